The Morgan fingerprint density at radius 3 is 2.88 bits per heavy atom. The van der Waals surface area contributed by atoms with Crippen LogP contribution in [0.25, 0.3) is 0 Å². The quantitative estimate of drug-likeness (QED) is 0.819. The van der Waals surface area contributed by atoms with E-state index in [0.29, 0.717) is 22.1 Å². The highest BCUT2D eigenvalue weighted by molar-refractivity contribution is 9.10. The maximum Gasteiger partial charge on any atom is 0.326 e. The van der Waals surface area contributed by atoms with Crippen molar-refractivity contribution in [3.8, 4) is 6.07 Å². The average Bonchev–Trinajstić information content (AvgIpc) is 2.28. The maximum atomic E-state index is 10.9. The second kappa shape index (κ2) is 6.06. The molecule has 4 nitrogen and oxygen atoms in total. The molecule has 0 bridgehead atoms. The highest BCUT2D eigenvalue weighted by Gasteiger charge is 2.15. The number of halogens is 1. The first kappa shape index (κ1) is 13.3. The van der Waals surface area contributed by atoms with Crippen molar-refractivity contribution >= 4 is 27.6 Å². The van der Waals surface area contributed by atoms with E-state index in [9.17, 15) is 4.79 Å². The molecule has 0 saturated heterocycles. The molecule has 0 heterocycles. The van der Waals surface area contributed by atoms with Crippen LogP contribution in [0.5, 0.6) is 0 Å². The largest absolute Gasteiger partial charge is 0.480 e. The van der Waals surface area contributed by atoms with Gasteiger partial charge in [-0.1, -0.05) is 6.08 Å². The molecule has 1 aromatic rings. The van der Waals surface area contributed by atoms with Crippen molar-refractivity contribution < 1.29 is 9.90 Å². The number of carboxylic acid groups (broad SMARTS) is 1. The Bertz CT molecular complexity index is 480. The molecular formula is C12H11BrN2O2. The number of benzene rings is 1. The van der Waals surface area contributed by atoms with E-state index < -0.39 is 12.0 Å². The minimum atomic E-state index is -0.939. The van der Waals surface area contributed by atoms with Crippen LogP contribution in [0.2, 0.25) is 0 Å². The van der Waals surface area contributed by atoms with Gasteiger partial charge in [-0.3, -0.25) is 0 Å². The Kier molecular flexibility index (Phi) is 4.73. The van der Waals surface area contributed by atoms with Gasteiger partial charge in [-0.2, -0.15) is 5.26 Å². The van der Waals surface area contributed by atoms with E-state index in [1.807, 2.05) is 6.07 Å². The molecule has 0 saturated carbocycles. The zero-order valence-electron chi connectivity index (χ0n) is 8.98. The number of rotatable bonds is 5. The molecule has 0 amide bonds. The van der Waals surface area contributed by atoms with Crippen LogP contribution in [-0.2, 0) is 4.79 Å². The number of nitrogens with one attached hydrogen (secondary N) is 1. The van der Waals surface area contributed by atoms with Crippen molar-refractivity contribution in [3.63, 3.8) is 0 Å². The van der Waals surface area contributed by atoms with Crippen LogP contribution in [0, 0.1) is 11.3 Å². The van der Waals surface area contributed by atoms with Gasteiger partial charge in [0.1, 0.15) is 12.1 Å². The lowest BCUT2D eigenvalue weighted by molar-refractivity contribution is -0.137. The third-order valence-corrected chi connectivity index (χ3v) is 2.79. The monoisotopic (exact) mass is 294 g/mol. The molecule has 0 aliphatic heterocycles. The number of carbonyl (C=O) groups is 1. The van der Waals surface area contributed by atoms with E-state index in [2.05, 4.69) is 27.8 Å². The minimum absolute atomic E-state index is 0.326. The fraction of sp³-hybridized carbons (Fsp3) is 0.167. The van der Waals surface area contributed by atoms with Crippen LogP contribution in [0.4, 0.5) is 5.69 Å². The second-order valence-corrected chi connectivity index (χ2v) is 4.22. The van der Waals surface area contributed by atoms with E-state index in [0.717, 1.165) is 0 Å². The summed E-state index contributed by atoms with van der Waals surface area (Å²) in [6.07, 6.45) is 1.87. The summed E-state index contributed by atoms with van der Waals surface area (Å²) in [6, 6.07) is 6.27. The van der Waals surface area contributed by atoms with E-state index in [1.165, 1.54) is 0 Å². The van der Waals surface area contributed by atoms with E-state index in [-0.39, 0.29) is 0 Å². The first-order valence-electron chi connectivity index (χ1n) is 4.88. The highest BCUT2D eigenvalue weighted by Crippen LogP contribution is 2.21. The number of carboxylic acids is 1. The summed E-state index contributed by atoms with van der Waals surface area (Å²) in [5.41, 5.74) is 1.15. The molecule has 0 aliphatic rings. The fourth-order valence-corrected chi connectivity index (χ4v) is 1.75. The molecule has 88 valence electrons. The first-order chi connectivity index (χ1) is 8.08. The molecule has 0 spiro atoms. The van der Waals surface area contributed by atoms with Crippen LogP contribution in [0.3, 0.4) is 0 Å². The minimum Gasteiger partial charge on any atom is -0.480 e. The van der Waals surface area contributed by atoms with Gasteiger partial charge in [0.15, 0.2) is 0 Å². The lowest BCUT2D eigenvalue weighted by Gasteiger charge is -2.14. The summed E-state index contributed by atoms with van der Waals surface area (Å²) in [5, 5.41) is 20.6. The van der Waals surface area contributed by atoms with Crippen LogP contribution in [0.1, 0.15) is 12.0 Å². The SMILES string of the molecule is C=CCC(Nc1ccc(C#N)c(Br)c1)C(=O)O. The number of hydrogen-bond donors (Lipinski definition) is 2. The number of anilines is 1. The summed E-state index contributed by atoms with van der Waals surface area (Å²) in [6.45, 7) is 3.51. The van der Waals surface area contributed by atoms with E-state index >= 15 is 0 Å². The molecule has 0 aliphatic carbocycles. The molecule has 17 heavy (non-hydrogen) atoms. The summed E-state index contributed by atoms with van der Waals surface area (Å²) >= 11 is 3.24. The van der Waals surface area contributed by atoms with Crippen LogP contribution >= 0.6 is 15.9 Å². The Hall–Kier alpha value is -1.80. The molecular weight excluding hydrogens is 284 g/mol. The van der Waals surface area contributed by atoms with Crippen LogP contribution < -0.4 is 5.32 Å². The van der Waals surface area contributed by atoms with Gasteiger partial charge in [0.25, 0.3) is 0 Å². The second-order valence-electron chi connectivity index (χ2n) is 3.37. The van der Waals surface area contributed by atoms with Crippen molar-refractivity contribution in [3.05, 3.63) is 40.9 Å². The van der Waals surface area contributed by atoms with Crippen molar-refractivity contribution in [1.82, 2.24) is 0 Å². The zero-order valence-corrected chi connectivity index (χ0v) is 10.6. The Morgan fingerprint density at radius 1 is 1.71 bits per heavy atom. The summed E-state index contributed by atoms with van der Waals surface area (Å²) in [4.78, 5) is 10.9. The maximum absolute atomic E-state index is 10.9. The van der Waals surface area contributed by atoms with E-state index in [1.54, 1.807) is 24.3 Å². The van der Waals surface area contributed by atoms with Gasteiger partial charge in [0.2, 0.25) is 0 Å². The Morgan fingerprint density at radius 2 is 2.41 bits per heavy atom. The highest BCUT2D eigenvalue weighted by atomic mass is 79.9. The van der Waals surface area contributed by atoms with E-state index in [4.69, 9.17) is 10.4 Å². The summed E-state index contributed by atoms with van der Waals surface area (Å²) in [5.74, 6) is -0.939. The molecule has 1 rings (SSSR count). The van der Waals surface area contributed by atoms with Crippen LogP contribution in [0.15, 0.2) is 35.3 Å². The summed E-state index contributed by atoms with van der Waals surface area (Å²) in [7, 11) is 0. The lowest BCUT2D eigenvalue weighted by atomic mass is 10.1. The predicted molar refractivity (Wildman–Crippen MR) is 68.7 cm³/mol. The lowest BCUT2D eigenvalue weighted by Crippen LogP contribution is -2.28. The molecule has 1 aromatic carbocycles. The molecule has 2 N–H and O–H groups in total. The topological polar surface area (TPSA) is 73.1 Å². The van der Waals surface area contributed by atoms with Gasteiger partial charge in [-0.05, 0) is 40.5 Å². The van der Waals surface area contributed by atoms with Crippen molar-refractivity contribution in [1.29, 1.82) is 5.26 Å². The molecule has 1 atom stereocenters. The van der Waals surface area contributed by atoms with Crippen molar-refractivity contribution in [2.24, 2.45) is 0 Å². The van der Waals surface area contributed by atoms with Gasteiger partial charge in [0, 0.05) is 10.2 Å². The van der Waals surface area contributed by atoms with Crippen molar-refractivity contribution in [2.75, 3.05) is 5.32 Å². The number of nitriles is 1. The first-order valence-corrected chi connectivity index (χ1v) is 5.67. The number of nitrogens with zero attached hydrogens (tertiary/aromatic N) is 1. The predicted octanol–water partition coefficient (Wildman–Crippen LogP) is 2.76. The standard InChI is InChI=1S/C12H11BrN2O2/c1-2-3-11(12(16)17)15-9-5-4-8(7-14)10(13)6-9/h2,4-6,11,15H,1,3H2,(H,16,17). The fourth-order valence-electron chi connectivity index (χ4n) is 1.28. The summed E-state index contributed by atoms with van der Waals surface area (Å²) < 4.78 is 0.632. The van der Waals surface area contributed by atoms with Crippen molar-refractivity contribution in [2.45, 2.75) is 12.5 Å². The van der Waals surface area contributed by atoms with Gasteiger partial charge in [-0.15, -0.1) is 6.58 Å². The molecule has 0 fully saturated rings. The third-order valence-electron chi connectivity index (χ3n) is 2.13. The number of hydrogen-bond acceptors (Lipinski definition) is 3. The van der Waals surface area contributed by atoms with Gasteiger partial charge in [-0.25, -0.2) is 4.79 Å². The van der Waals surface area contributed by atoms with Gasteiger partial charge in [0.05, 0.1) is 5.56 Å². The van der Waals surface area contributed by atoms with Gasteiger partial charge < -0.3 is 10.4 Å². The normalized spacial score (nSPS) is 11.3. The molecule has 1 unspecified atom stereocenters. The third kappa shape index (κ3) is 3.61. The van der Waals surface area contributed by atoms with Crippen LogP contribution in [-0.4, -0.2) is 17.1 Å². The number of aliphatic carboxylic acids is 1. The Labute approximate surface area is 108 Å². The average molecular weight is 295 g/mol. The van der Waals surface area contributed by atoms with Gasteiger partial charge >= 0.3 is 5.97 Å². The smallest absolute Gasteiger partial charge is 0.326 e. The molecule has 5 heteroatoms. The molecule has 0 aromatic heterocycles. The Balaban J connectivity index is 2.87. The zero-order chi connectivity index (χ0) is 12.8. The molecule has 0 radical (unpaired) electrons.